The van der Waals surface area contributed by atoms with E-state index in [9.17, 15) is 19.2 Å². The highest BCUT2D eigenvalue weighted by Crippen LogP contribution is 2.65. The standard InChI is InChI=1S/C26H34O6/c1-15-12-20-18-5-4-16-13-17(27)8-10-25(16,2)19(18)9-11-26(20,3)24(15)21(28)14-32-23(31)7-6-22(29)30/h9,13,15,18,20,24H,4-8,10-12,14H2,1-3H3,(H,29,30)/t15-,18?,20?,24-,25+,26+/m1/s1. The van der Waals surface area contributed by atoms with Crippen LogP contribution in [0.25, 0.3) is 0 Å². The SMILES string of the molecule is C[C@@H]1CC2C3CCC4=CC(=O)CC[C@]4(C)C3=CC[C@]2(C)[C@H]1C(=O)COC(=O)CCC(=O)O. The molecule has 0 aromatic carbocycles. The van der Waals surface area contributed by atoms with E-state index in [1.165, 1.54) is 11.1 Å². The highest BCUT2D eigenvalue weighted by Gasteiger charge is 2.59. The van der Waals surface area contributed by atoms with Gasteiger partial charge in [0, 0.05) is 17.8 Å². The average molecular weight is 443 g/mol. The van der Waals surface area contributed by atoms with E-state index in [0.717, 1.165) is 32.1 Å². The Morgan fingerprint density at radius 2 is 1.94 bits per heavy atom. The van der Waals surface area contributed by atoms with E-state index < -0.39 is 11.9 Å². The Balaban J connectivity index is 1.51. The molecule has 0 aromatic rings. The molecule has 0 bridgehead atoms. The molecule has 1 N–H and O–H groups in total. The van der Waals surface area contributed by atoms with Crippen LogP contribution in [0.15, 0.2) is 23.3 Å². The number of carbonyl (C=O) groups excluding carboxylic acids is 3. The second kappa shape index (κ2) is 8.27. The van der Waals surface area contributed by atoms with Crippen molar-refractivity contribution in [1.82, 2.24) is 0 Å². The largest absolute Gasteiger partial charge is 0.481 e. The highest BCUT2D eigenvalue weighted by atomic mass is 16.5. The molecule has 4 aliphatic carbocycles. The molecule has 2 unspecified atom stereocenters. The van der Waals surface area contributed by atoms with Crippen LogP contribution in [0.4, 0.5) is 0 Å². The fourth-order valence-corrected chi connectivity index (χ4v) is 7.43. The van der Waals surface area contributed by atoms with Gasteiger partial charge in [0.15, 0.2) is 11.6 Å². The van der Waals surface area contributed by atoms with Gasteiger partial charge in [-0.15, -0.1) is 0 Å². The van der Waals surface area contributed by atoms with Gasteiger partial charge in [0.05, 0.1) is 12.8 Å². The van der Waals surface area contributed by atoms with Crippen LogP contribution in [0.2, 0.25) is 0 Å². The molecule has 6 heteroatoms. The van der Waals surface area contributed by atoms with Crippen molar-refractivity contribution >= 4 is 23.5 Å². The summed E-state index contributed by atoms with van der Waals surface area (Å²) in [5.74, 6) is -0.614. The van der Waals surface area contributed by atoms with Crippen LogP contribution in [-0.4, -0.2) is 35.2 Å². The Labute approximate surface area is 189 Å². The van der Waals surface area contributed by atoms with Crippen molar-refractivity contribution in [2.45, 2.75) is 72.1 Å². The third-order valence-corrected chi connectivity index (χ3v) is 8.94. The molecule has 0 saturated heterocycles. The summed E-state index contributed by atoms with van der Waals surface area (Å²) in [6.07, 6.45) is 9.02. The van der Waals surface area contributed by atoms with Crippen LogP contribution in [0, 0.1) is 34.5 Å². The molecule has 4 rings (SSSR count). The van der Waals surface area contributed by atoms with Gasteiger partial charge in [-0.1, -0.05) is 38.0 Å². The summed E-state index contributed by atoms with van der Waals surface area (Å²) in [6, 6.07) is 0. The number of aliphatic carboxylic acids is 1. The second-order valence-corrected chi connectivity index (χ2v) is 10.8. The minimum atomic E-state index is -1.06. The van der Waals surface area contributed by atoms with Gasteiger partial charge in [-0.25, -0.2) is 0 Å². The maximum atomic E-state index is 13.2. The number of carbonyl (C=O) groups is 4. The highest BCUT2D eigenvalue weighted by molar-refractivity contribution is 5.92. The number of ether oxygens (including phenoxy) is 1. The lowest BCUT2D eigenvalue weighted by molar-refractivity contribution is -0.152. The third kappa shape index (κ3) is 3.75. The molecule has 2 saturated carbocycles. The van der Waals surface area contributed by atoms with E-state index >= 15 is 0 Å². The average Bonchev–Trinajstić information content (AvgIpc) is 3.01. The first kappa shape index (κ1) is 22.9. The van der Waals surface area contributed by atoms with Crippen molar-refractivity contribution in [3.63, 3.8) is 0 Å². The Hall–Kier alpha value is -2.24. The van der Waals surface area contributed by atoms with Gasteiger partial charge in [-0.3, -0.25) is 19.2 Å². The van der Waals surface area contributed by atoms with E-state index in [2.05, 4.69) is 26.8 Å². The van der Waals surface area contributed by atoms with E-state index in [1.807, 2.05) is 6.08 Å². The van der Waals surface area contributed by atoms with Crippen molar-refractivity contribution in [2.24, 2.45) is 34.5 Å². The van der Waals surface area contributed by atoms with Crippen molar-refractivity contribution in [1.29, 1.82) is 0 Å². The van der Waals surface area contributed by atoms with Gasteiger partial charge in [0.2, 0.25) is 0 Å². The van der Waals surface area contributed by atoms with Crippen molar-refractivity contribution < 1.29 is 29.0 Å². The van der Waals surface area contributed by atoms with Gasteiger partial charge >= 0.3 is 11.9 Å². The number of carboxylic acid groups (broad SMARTS) is 1. The molecule has 0 amide bonds. The number of hydrogen-bond donors (Lipinski definition) is 1. The molecule has 174 valence electrons. The second-order valence-electron chi connectivity index (χ2n) is 10.8. The Morgan fingerprint density at radius 3 is 2.66 bits per heavy atom. The van der Waals surface area contributed by atoms with Crippen LogP contribution in [0.3, 0.4) is 0 Å². The van der Waals surface area contributed by atoms with E-state index in [0.29, 0.717) is 18.3 Å². The van der Waals surface area contributed by atoms with Gasteiger partial charge < -0.3 is 9.84 Å². The maximum Gasteiger partial charge on any atom is 0.306 e. The van der Waals surface area contributed by atoms with Crippen LogP contribution >= 0.6 is 0 Å². The quantitative estimate of drug-likeness (QED) is 0.487. The minimum absolute atomic E-state index is 0.0246. The molecule has 0 aliphatic heterocycles. The summed E-state index contributed by atoms with van der Waals surface area (Å²) in [6.45, 7) is 6.38. The summed E-state index contributed by atoms with van der Waals surface area (Å²) >= 11 is 0. The van der Waals surface area contributed by atoms with E-state index in [1.54, 1.807) is 0 Å². The topological polar surface area (TPSA) is 97.7 Å². The zero-order valence-corrected chi connectivity index (χ0v) is 19.3. The molecular weight excluding hydrogens is 408 g/mol. The summed E-state index contributed by atoms with van der Waals surface area (Å²) in [4.78, 5) is 47.6. The van der Waals surface area contributed by atoms with Crippen molar-refractivity contribution in [3.05, 3.63) is 23.3 Å². The van der Waals surface area contributed by atoms with E-state index in [-0.39, 0.29) is 53.7 Å². The Bertz CT molecular complexity index is 913. The molecule has 0 radical (unpaired) electrons. The molecule has 4 aliphatic rings. The van der Waals surface area contributed by atoms with Crippen LogP contribution < -0.4 is 0 Å². The molecule has 6 nitrogen and oxygen atoms in total. The van der Waals surface area contributed by atoms with Gasteiger partial charge in [-0.2, -0.15) is 0 Å². The summed E-state index contributed by atoms with van der Waals surface area (Å²) in [5, 5.41) is 8.71. The molecule has 0 aromatic heterocycles. The number of Topliss-reactive ketones (excluding diaryl/α,β-unsaturated/α-hetero) is 1. The lowest BCUT2D eigenvalue weighted by Gasteiger charge is -2.53. The monoisotopic (exact) mass is 442 g/mol. The normalized spacial score (nSPS) is 38.0. The predicted molar refractivity (Wildman–Crippen MR) is 118 cm³/mol. The smallest absolute Gasteiger partial charge is 0.306 e. The molecule has 0 heterocycles. The molecule has 2 fully saturated rings. The number of rotatable bonds is 6. The molecule has 0 spiro atoms. The number of allylic oxidation sites excluding steroid dienone is 4. The molecular formula is C26H34O6. The fourth-order valence-electron chi connectivity index (χ4n) is 7.43. The van der Waals surface area contributed by atoms with Crippen molar-refractivity contribution in [2.75, 3.05) is 6.61 Å². The van der Waals surface area contributed by atoms with Gasteiger partial charge in [0.1, 0.15) is 6.61 Å². The number of ketones is 2. The maximum absolute atomic E-state index is 13.2. The van der Waals surface area contributed by atoms with Crippen LogP contribution in [-0.2, 0) is 23.9 Å². The third-order valence-electron chi connectivity index (χ3n) is 8.94. The minimum Gasteiger partial charge on any atom is -0.481 e. The number of fused-ring (bicyclic) bond motifs is 5. The van der Waals surface area contributed by atoms with Gasteiger partial charge in [0.25, 0.3) is 0 Å². The first-order chi connectivity index (χ1) is 15.1. The summed E-state index contributed by atoms with van der Waals surface area (Å²) < 4.78 is 5.14. The van der Waals surface area contributed by atoms with Gasteiger partial charge in [-0.05, 0) is 61.3 Å². The van der Waals surface area contributed by atoms with Crippen LogP contribution in [0.1, 0.15) is 72.1 Å². The van der Waals surface area contributed by atoms with E-state index in [4.69, 9.17) is 9.84 Å². The fraction of sp³-hybridized carbons (Fsp3) is 0.692. The molecule has 6 atom stereocenters. The Kier molecular flexibility index (Phi) is 5.93. The van der Waals surface area contributed by atoms with Crippen LogP contribution in [0.5, 0.6) is 0 Å². The lowest BCUT2D eigenvalue weighted by atomic mass is 9.51. The zero-order valence-electron chi connectivity index (χ0n) is 19.3. The Morgan fingerprint density at radius 1 is 1.19 bits per heavy atom. The molecule has 32 heavy (non-hydrogen) atoms. The number of hydrogen-bond acceptors (Lipinski definition) is 5. The first-order valence-electron chi connectivity index (χ1n) is 11.9. The summed E-state index contributed by atoms with van der Waals surface area (Å²) in [5.41, 5.74) is 2.57. The lowest BCUT2D eigenvalue weighted by Crippen LogP contribution is -2.46. The summed E-state index contributed by atoms with van der Waals surface area (Å²) in [7, 11) is 0. The number of carboxylic acids is 1. The number of esters is 1. The zero-order chi connectivity index (χ0) is 23.3. The first-order valence-corrected chi connectivity index (χ1v) is 11.9. The predicted octanol–water partition coefficient (Wildman–Crippen LogP) is 4.28. The van der Waals surface area contributed by atoms with Crippen molar-refractivity contribution in [3.8, 4) is 0 Å².